The third-order valence-corrected chi connectivity index (χ3v) is 2.25. The summed E-state index contributed by atoms with van der Waals surface area (Å²) in [4.78, 5) is 22.9. The minimum Gasteiger partial charge on any atom is -0.398 e. The Morgan fingerprint density at radius 2 is 2.06 bits per heavy atom. The Bertz CT molecular complexity index is 448. The highest BCUT2D eigenvalue weighted by Crippen LogP contribution is 2.13. The second-order valence-corrected chi connectivity index (χ2v) is 3.54. The van der Waals surface area contributed by atoms with Gasteiger partial charge in [0.05, 0.1) is 5.56 Å². The molecule has 0 spiro atoms. The fraction of sp³-hybridized carbons (Fsp3) is 0.273. The zero-order valence-electron chi connectivity index (χ0n) is 9.58. The van der Waals surface area contributed by atoms with Crippen LogP contribution in [0.1, 0.15) is 17.3 Å². The summed E-state index contributed by atoms with van der Waals surface area (Å²) in [6.07, 6.45) is 0. The molecule has 6 heteroatoms. The topological polar surface area (TPSA) is 84.2 Å². The molecule has 0 heterocycles. The summed E-state index contributed by atoms with van der Waals surface area (Å²) in [6.45, 7) is 1.52. The van der Waals surface area contributed by atoms with Crippen molar-refractivity contribution in [1.82, 2.24) is 10.6 Å². The van der Waals surface area contributed by atoms with Gasteiger partial charge in [-0.25, -0.2) is 4.39 Å². The minimum absolute atomic E-state index is 0.0146. The molecule has 1 aromatic rings. The molecule has 0 saturated carbocycles. The van der Waals surface area contributed by atoms with Crippen molar-refractivity contribution in [2.45, 2.75) is 13.0 Å². The molecule has 0 aliphatic rings. The van der Waals surface area contributed by atoms with Crippen LogP contribution in [0, 0.1) is 5.82 Å². The van der Waals surface area contributed by atoms with Gasteiger partial charge >= 0.3 is 0 Å². The lowest BCUT2D eigenvalue weighted by Gasteiger charge is -2.13. The number of anilines is 1. The fourth-order valence-corrected chi connectivity index (χ4v) is 1.28. The van der Waals surface area contributed by atoms with Crippen molar-refractivity contribution >= 4 is 17.5 Å². The number of amides is 2. The maximum absolute atomic E-state index is 13.0. The zero-order valence-corrected chi connectivity index (χ0v) is 9.58. The molecule has 92 valence electrons. The zero-order chi connectivity index (χ0) is 13.0. The van der Waals surface area contributed by atoms with E-state index < -0.39 is 17.8 Å². The van der Waals surface area contributed by atoms with Gasteiger partial charge in [0.2, 0.25) is 5.91 Å². The number of nitrogens with two attached hydrogens (primary N) is 1. The van der Waals surface area contributed by atoms with Crippen molar-refractivity contribution in [2.24, 2.45) is 0 Å². The van der Waals surface area contributed by atoms with E-state index in [0.29, 0.717) is 0 Å². The highest BCUT2D eigenvalue weighted by Gasteiger charge is 2.17. The van der Waals surface area contributed by atoms with E-state index in [4.69, 9.17) is 5.73 Å². The molecule has 0 aromatic heterocycles. The lowest BCUT2D eigenvalue weighted by atomic mass is 10.1. The summed E-state index contributed by atoms with van der Waals surface area (Å²) in [5, 5.41) is 4.81. The monoisotopic (exact) mass is 239 g/mol. The van der Waals surface area contributed by atoms with Gasteiger partial charge in [-0.15, -0.1) is 0 Å². The van der Waals surface area contributed by atoms with Crippen molar-refractivity contribution in [2.75, 3.05) is 12.8 Å². The summed E-state index contributed by atoms with van der Waals surface area (Å²) in [6, 6.07) is 2.78. The lowest BCUT2D eigenvalue weighted by molar-refractivity contribution is -0.122. The molecule has 1 aromatic carbocycles. The molecule has 1 unspecified atom stereocenters. The smallest absolute Gasteiger partial charge is 0.254 e. The number of halogens is 1. The third kappa shape index (κ3) is 3.17. The van der Waals surface area contributed by atoms with Crippen molar-refractivity contribution in [1.29, 1.82) is 0 Å². The number of rotatable bonds is 3. The maximum Gasteiger partial charge on any atom is 0.254 e. The molecule has 0 fully saturated rings. The van der Waals surface area contributed by atoms with Gasteiger partial charge in [0, 0.05) is 12.7 Å². The number of hydrogen-bond donors (Lipinski definition) is 3. The predicted octanol–water partition coefficient (Wildman–Crippen LogP) is 0.272. The van der Waals surface area contributed by atoms with Crippen LogP contribution >= 0.6 is 0 Å². The number of carbonyl (C=O) groups excluding carboxylic acids is 2. The molecule has 17 heavy (non-hydrogen) atoms. The molecule has 2 amide bonds. The van der Waals surface area contributed by atoms with Gasteiger partial charge in [-0.2, -0.15) is 0 Å². The van der Waals surface area contributed by atoms with Crippen LogP contribution in [0.25, 0.3) is 0 Å². The van der Waals surface area contributed by atoms with E-state index in [1.807, 2.05) is 0 Å². The standard InChI is InChI=1S/C11H14FN3O2/c1-6(10(16)14-2)15-11(17)8-5-7(12)3-4-9(8)13/h3-6H,13H2,1-2H3,(H,14,16)(H,15,17). The molecule has 0 aliphatic carbocycles. The Kier molecular flexibility index (Phi) is 4.03. The van der Waals surface area contributed by atoms with Crippen LogP contribution < -0.4 is 16.4 Å². The van der Waals surface area contributed by atoms with Gasteiger partial charge in [-0.05, 0) is 25.1 Å². The van der Waals surface area contributed by atoms with Crippen LogP contribution in [0.3, 0.4) is 0 Å². The van der Waals surface area contributed by atoms with Crippen LogP contribution in [0.2, 0.25) is 0 Å². The first-order valence-electron chi connectivity index (χ1n) is 5.03. The number of hydrogen-bond acceptors (Lipinski definition) is 3. The second kappa shape index (κ2) is 5.29. The van der Waals surface area contributed by atoms with Crippen LogP contribution in [0.4, 0.5) is 10.1 Å². The van der Waals surface area contributed by atoms with Crippen molar-refractivity contribution in [3.8, 4) is 0 Å². The third-order valence-electron chi connectivity index (χ3n) is 2.25. The summed E-state index contributed by atoms with van der Waals surface area (Å²) in [5.41, 5.74) is 5.72. The van der Waals surface area contributed by atoms with Crippen LogP contribution in [-0.4, -0.2) is 24.9 Å². The second-order valence-electron chi connectivity index (χ2n) is 3.54. The van der Waals surface area contributed by atoms with Gasteiger partial charge in [0.25, 0.3) is 5.91 Å². The number of nitrogen functional groups attached to an aromatic ring is 1. The molecule has 0 bridgehead atoms. The molecule has 4 N–H and O–H groups in total. The first kappa shape index (κ1) is 13.0. The summed E-state index contributed by atoms with van der Waals surface area (Å²) in [7, 11) is 1.46. The van der Waals surface area contributed by atoms with Gasteiger partial charge < -0.3 is 16.4 Å². The van der Waals surface area contributed by atoms with Crippen LogP contribution in [-0.2, 0) is 4.79 Å². The summed E-state index contributed by atoms with van der Waals surface area (Å²) in [5.74, 6) is -1.48. The first-order chi connectivity index (χ1) is 7.95. The molecule has 1 atom stereocenters. The van der Waals surface area contributed by atoms with Gasteiger partial charge in [0.1, 0.15) is 11.9 Å². The Balaban J connectivity index is 2.83. The van der Waals surface area contributed by atoms with Crippen molar-refractivity contribution in [3.05, 3.63) is 29.6 Å². The molecule has 5 nitrogen and oxygen atoms in total. The average molecular weight is 239 g/mol. The Labute approximate surface area is 98.2 Å². The molecular weight excluding hydrogens is 225 g/mol. The highest BCUT2D eigenvalue weighted by molar-refractivity contribution is 6.01. The van der Waals surface area contributed by atoms with E-state index in [-0.39, 0.29) is 17.2 Å². The Hall–Kier alpha value is -2.11. The number of carbonyl (C=O) groups is 2. The molecule has 0 radical (unpaired) electrons. The highest BCUT2D eigenvalue weighted by atomic mass is 19.1. The average Bonchev–Trinajstić information content (AvgIpc) is 2.30. The number of likely N-dealkylation sites (N-methyl/N-ethyl adjacent to an activating group) is 1. The van der Waals surface area contributed by atoms with E-state index in [1.54, 1.807) is 0 Å². The van der Waals surface area contributed by atoms with Gasteiger partial charge in [-0.1, -0.05) is 0 Å². The van der Waals surface area contributed by atoms with Crippen molar-refractivity contribution in [3.63, 3.8) is 0 Å². The van der Waals surface area contributed by atoms with E-state index in [2.05, 4.69) is 10.6 Å². The van der Waals surface area contributed by atoms with Gasteiger partial charge in [-0.3, -0.25) is 9.59 Å². The largest absolute Gasteiger partial charge is 0.398 e. The molecular formula is C11H14FN3O2. The fourth-order valence-electron chi connectivity index (χ4n) is 1.28. The van der Waals surface area contributed by atoms with E-state index in [1.165, 1.54) is 20.0 Å². The van der Waals surface area contributed by atoms with Crippen LogP contribution in [0.15, 0.2) is 18.2 Å². The SMILES string of the molecule is CNC(=O)C(C)NC(=O)c1cc(F)ccc1N. The number of benzene rings is 1. The van der Waals surface area contributed by atoms with E-state index in [9.17, 15) is 14.0 Å². The van der Waals surface area contributed by atoms with Crippen LogP contribution in [0.5, 0.6) is 0 Å². The lowest BCUT2D eigenvalue weighted by Crippen LogP contribution is -2.43. The molecule has 0 aliphatic heterocycles. The van der Waals surface area contributed by atoms with E-state index in [0.717, 1.165) is 12.1 Å². The quantitative estimate of drug-likeness (QED) is 0.662. The first-order valence-corrected chi connectivity index (χ1v) is 5.03. The summed E-state index contributed by atoms with van der Waals surface area (Å²) >= 11 is 0. The maximum atomic E-state index is 13.0. The molecule has 0 saturated heterocycles. The predicted molar refractivity (Wildman–Crippen MR) is 61.8 cm³/mol. The number of nitrogens with one attached hydrogen (secondary N) is 2. The van der Waals surface area contributed by atoms with Gasteiger partial charge in [0.15, 0.2) is 0 Å². The Morgan fingerprint density at radius 3 is 2.65 bits per heavy atom. The van der Waals surface area contributed by atoms with Crippen molar-refractivity contribution < 1.29 is 14.0 Å². The Morgan fingerprint density at radius 1 is 1.41 bits per heavy atom. The van der Waals surface area contributed by atoms with E-state index >= 15 is 0 Å². The molecule has 1 rings (SSSR count). The minimum atomic E-state index is -0.713. The summed E-state index contributed by atoms with van der Waals surface area (Å²) < 4.78 is 13.0. The normalized spacial score (nSPS) is 11.7.